The van der Waals surface area contributed by atoms with Gasteiger partial charge in [0, 0.05) is 38.5 Å². The molecule has 3 amide bonds. The van der Waals surface area contributed by atoms with Crippen molar-refractivity contribution in [2.24, 2.45) is 11.8 Å². The van der Waals surface area contributed by atoms with Gasteiger partial charge in [-0.2, -0.15) is 0 Å². The SMILES string of the molecule is CCCN1CC=C[C@@]2(CC)O[C@]34C=CCN(c5ccc6ccccc6c5)C(=O)C3N(CCCCCO)C(=O)[C@@H]4[C@H]2C1=O. The number of rotatable bonds is 9. The molecule has 2 aromatic carbocycles. The molecular formula is C34H41N3O5. The number of aliphatic hydroxyl groups is 1. The summed E-state index contributed by atoms with van der Waals surface area (Å²) in [7, 11) is 0. The third-order valence-corrected chi connectivity index (χ3v) is 9.62. The minimum Gasteiger partial charge on any atom is -0.396 e. The van der Waals surface area contributed by atoms with E-state index in [4.69, 9.17) is 4.74 Å². The molecule has 4 aliphatic heterocycles. The topological polar surface area (TPSA) is 90.4 Å². The van der Waals surface area contributed by atoms with Gasteiger partial charge >= 0.3 is 0 Å². The summed E-state index contributed by atoms with van der Waals surface area (Å²) in [5, 5.41) is 11.5. The zero-order chi connectivity index (χ0) is 29.5. The summed E-state index contributed by atoms with van der Waals surface area (Å²) in [5.41, 5.74) is -1.46. The van der Waals surface area contributed by atoms with E-state index in [1.165, 1.54) is 0 Å². The highest BCUT2D eigenvalue weighted by molar-refractivity contribution is 6.06. The lowest BCUT2D eigenvalue weighted by molar-refractivity contribution is -0.150. The fourth-order valence-corrected chi connectivity index (χ4v) is 7.67. The van der Waals surface area contributed by atoms with E-state index in [-0.39, 0.29) is 24.3 Å². The van der Waals surface area contributed by atoms with Crippen molar-refractivity contribution in [1.82, 2.24) is 9.80 Å². The number of ether oxygens (including phenoxy) is 1. The first-order chi connectivity index (χ1) is 20.4. The molecule has 1 N–H and O–H groups in total. The smallest absolute Gasteiger partial charge is 0.253 e. The molecule has 4 heterocycles. The second-order valence-electron chi connectivity index (χ2n) is 12.0. The van der Waals surface area contributed by atoms with E-state index in [0.29, 0.717) is 45.4 Å². The molecule has 1 unspecified atom stereocenters. The summed E-state index contributed by atoms with van der Waals surface area (Å²) >= 11 is 0. The van der Waals surface area contributed by atoms with Gasteiger partial charge in [0.1, 0.15) is 11.6 Å². The molecule has 0 aromatic heterocycles. The van der Waals surface area contributed by atoms with Crippen molar-refractivity contribution >= 4 is 34.2 Å². The third kappa shape index (κ3) is 4.38. The Morgan fingerprint density at radius 2 is 1.64 bits per heavy atom. The lowest BCUT2D eigenvalue weighted by atomic mass is 9.73. The highest BCUT2D eigenvalue weighted by Gasteiger charge is 2.75. The van der Waals surface area contributed by atoms with Gasteiger partial charge in [-0.05, 0) is 55.0 Å². The number of hydrogen-bond donors (Lipinski definition) is 1. The van der Waals surface area contributed by atoms with E-state index in [9.17, 15) is 19.5 Å². The predicted octanol–water partition coefficient (Wildman–Crippen LogP) is 4.07. The number of anilines is 1. The average molecular weight is 572 g/mol. The molecule has 4 aliphatic rings. The Kier molecular flexibility index (Phi) is 7.70. The second kappa shape index (κ2) is 11.3. The molecule has 1 spiro atoms. The van der Waals surface area contributed by atoms with Crippen LogP contribution in [0.3, 0.4) is 0 Å². The molecular weight excluding hydrogens is 530 g/mol. The molecule has 0 radical (unpaired) electrons. The fourth-order valence-electron chi connectivity index (χ4n) is 7.67. The third-order valence-electron chi connectivity index (χ3n) is 9.62. The van der Waals surface area contributed by atoms with Crippen molar-refractivity contribution in [1.29, 1.82) is 0 Å². The zero-order valence-corrected chi connectivity index (χ0v) is 24.6. The molecule has 2 fully saturated rings. The fraction of sp³-hybridized carbons (Fsp3) is 0.500. The van der Waals surface area contributed by atoms with Gasteiger partial charge in [-0.3, -0.25) is 14.4 Å². The maximum absolute atomic E-state index is 14.7. The summed E-state index contributed by atoms with van der Waals surface area (Å²) in [6.07, 6.45) is 11.2. The van der Waals surface area contributed by atoms with Gasteiger partial charge in [0.2, 0.25) is 11.8 Å². The summed E-state index contributed by atoms with van der Waals surface area (Å²) in [5.74, 6) is -1.97. The quantitative estimate of drug-likeness (QED) is 0.362. The minimum atomic E-state index is -1.26. The van der Waals surface area contributed by atoms with Crippen LogP contribution in [0.25, 0.3) is 10.8 Å². The number of fused-ring (bicyclic) bond motifs is 3. The standard InChI is InChI=1S/C34H41N3O5/c1-3-18-35-19-10-16-33(4-2)27(30(35)39)28-31(40)37(20-8-5-9-22-38)29-32(41)36(21-11-17-34(28,29)42-33)26-15-14-24-12-6-7-13-25(24)23-26/h6-7,10-17,23,27-29,38H,3-5,8-9,18-22H2,1-2H3/t27-,28-,29?,33+,34-/m0/s1. The molecule has 5 atom stereocenters. The van der Waals surface area contributed by atoms with E-state index < -0.39 is 29.1 Å². The molecule has 222 valence electrons. The number of amides is 3. The van der Waals surface area contributed by atoms with E-state index >= 15 is 0 Å². The van der Waals surface area contributed by atoms with Crippen molar-refractivity contribution in [2.45, 2.75) is 63.2 Å². The van der Waals surface area contributed by atoms with Gasteiger partial charge in [0.15, 0.2) is 0 Å². The molecule has 2 aromatic rings. The molecule has 8 heteroatoms. The normalized spacial score (nSPS) is 30.5. The second-order valence-corrected chi connectivity index (χ2v) is 12.0. The Labute approximate surface area is 247 Å². The van der Waals surface area contributed by atoms with Crippen LogP contribution in [0.4, 0.5) is 5.69 Å². The van der Waals surface area contributed by atoms with Crippen LogP contribution < -0.4 is 4.90 Å². The van der Waals surface area contributed by atoms with E-state index in [1.807, 2.05) is 85.5 Å². The van der Waals surface area contributed by atoms with Crippen LogP contribution in [0, 0.1) is 11.8 Å². The van der Waals surface area contributed by atoms with Gasteiger partial charge in [-0.25, -0.2) is 0 Å². The van der Waals surface area contributed by atoms with Crippen LogP contribution in [0.5, 0.6) is 0 Å². The van der Waals surface area contributed by atoms with Gasteiger partial charge < -0.3 is 24.5 Å². The van der Waals surface area contributed by atoms with Crippen LogP contribution >= 0.6 is 0 Å². The molecule has 42 heavy (non-hydrogen) atoms. The van der Waals surface area contributed by atoms with Crippen LogP contribution in [0.15, 0.2) is 66.8 Å². The first kappa shape index (κ1) is 28.6. The molecule has 2 saturated heterocycles. The first-order valence-electron chi connectivity index (χ1n) is 15.5. The predicted molar refractivity (Wildman–Crippen MR) is 162 cm³/mol. The number of carbonyl (C=O) groups excluding carboxylic acids is 3. The van der Waals surface area contributed by atoms with Crippen LogP contribution in [0.2, 0.25) is 0 Å². The number of nitrogens with zero attached hydrogens (tertiary/aromatic N) is 3. The minimum absolute atomic E-state index is 0.0729. The Morgan fingerprint density at radius 1 is 0.857 bits per heavy atom. The van der Waals surface area contributed by atoms with Crippen LogP contribution in [0.1, 0.15) is 46.0 Å². The maximum atomic E-state index is 14.7. The number of likely N-dealkylation sites (tertiary alicyclic amines) is 1. The monoisotopic (exact) mass is 571 g/mol. The van der Waals surface area contributed by atoms with Crippen molar-refractivity contribution in [3.05, 3.63) is 66.8 Å². The molecule has 0 saturated carbocycles. The summed E-state index contributed by atoms with van der Waals surface area (Å²) in [6.45, 7) is 5.92. The number of unbranched alkanes of at least 4 members (excludes halogenated alkanes) is 2. The number of aliphatic hydroxyl groups excluding tert-OH is 1. The molecule has 0 bridgehead atoms. The molecule has 8 nitrogen and oxygen atoms in total. The van der Waals surface area contributed by atoms with Gasteiger partial charge in [-0.15, -0.1) is 0 Å². The highest BCUT2D eigenvalue weighted by Crippen LogP contribution is 2.58. The summed E-state index contributed by atoms with van der Waals surface area (Å²) in [6, 6.07) is 13.1. The van der Waals surface area contributed by atoms with Crippen molar-refractivity contribution < 1.29 is 24.2 Å². The number of carbonyl (C=O) groups is 3. The van der Waals surface area contributed by atoms with Crippen molar-refractivity contribution in [3.63, 3.8) is 0 Å². The Balaban J connectivity index is 1.45. The van der Waals surface area contributed by atoms with E-state index in [2.05, 4.69) is 0 Å². The van der Waals surface area contributed by atoms with Gasteiger partial charge in [0.05, 0.1) is 17.4 Å². The maximum Gasteiger partial charge on any atom is 0.253 e. The number of hydrogen-bond acceptors (Lipinski definition) is 5. The first-order valence-corrected chi connectivity index (χ1v) is 15.5. The molecule has 6 rings (SSSR count). The zero-order valence-electron chi connectivity index (χ0n) is 24.6. The average Bonchev–Trinajstić information content (AvgIpc) is 3.29. The number of benzene rings is 2. The van der Waals surface area contributed by atoms with E-state index in [1.54, 1.807) is 9.80 Å². The van der Waals surface area contributed by atoms with Crippen molar-refractivity contribution in [2.75, 3.05) is 37.7 Å². The Morgan fingerprint density at radius 3 is 2.40 bits per heavy atom. The Hall–Kier alpha value is -3.49. The van der Waals surface area contributed by atoms with Gasteiger partial charge in [-0.1, -0.05) is 68.5 Å². The Bertz CT molecular complexity index is 1440. The highest BCUT2D eigenvalue weighted by atomic mass is 16.5. The summed E-state index contributed by atoms with van der Waals surface area (Å²) < 4.78 is 7.06. The summed E-state index contributed by atoms with van der Waals surface area (Å²) in [4.78, 5) is 48.7. The van der Waals surface area contributed by atoms with E-state index in [0.717, 1.165) is 29.3 Å². The van der Waals surface area contributed by atoms with Crippen molar-refractivity contribution in [3.8, 4) is 0 Å². The van der Waals surface area contributed by atoms with Crippen LogP contribution in [-0.4, -0.2) is 82.7 Å². The largest absolute Gasteiger partial charge is 0.396 e. The lowest BCUT2D eigenvalue weighted by Crippen LogP contribution is -2.56. The van der Waals surface area contributed by atoms with Crippen LogP contribution in [-0.2, 0) is 19.1 Å². The lowest BCUT2D eigenvalue weighted by Gasteiger charge is -2.38. The van der Waals surface area contributed by atoms with Gasteiger partial charge in [0.25, 0.3) is 5.91 Å². The molecule has 0 aliphatic carbocycles.